The van der Waals surface area contributed by atoms with Crippen LogP contribution in [-0.2, 0) is 11.8 Å². The zero-order chi connectivity index (χ0) is 12.0. The Morgan fingerprint density at radius 3 is 2.62 bits per heavy atom. The van der Waals surface area contributed by atoms with E-state index in [-0.39, 0.29) is 5.41 Å². The van der Waals surface area contributed by atoms with Crippen LogP contribution in [0, 0.1) is 0 Å². The maximum absolute atomic E-state index is 4.70. The molecule has 0 aromatic carbocycles. The molecule has 2 nitrogen and oxygen atoms in total. The van der Waals surface area contributed by atoms with Crippen molar-refractivity contribution < 1.29 is 0 Å². The molecule has 0 spiro atoms. The van der Waals surface area contributed by atoms with Crippen LogP contribution in [0.2, 0.25) is 0 Å². The van der Waals surface area contributed by atoms with Crippen molar-refractivity contribution in [2.24, 2.45) is 0 Å². The normalized spacial score (nSPS) is 12.0. The third-order valence-electron chi connectivity index (χ3n) is 2.56. The molecule has 16 heavy (non-hydrogen) atoms. The van der Waals surface area contributed by atoms with Crippen LogP contribution in [-0.4, -0.2) is 18.1 Å². The molecule has 0 aliphatic rings. The van der Waals surface area contributed by atoms with Gasteiger partial charge in [-0.05, 0) is 32.4 Å². The Kier molecular flexibility index (Phi) is 5.42. The summed E-state index contributed by atoms with van der Waals surface area (Å²) in [6.45, 7) is 11.0. The first-order chi connectivity index (χ1) is 7.54. The van der Waals surface area contributed by atoms with Gasteiger partial charge in [-0.3, -0.25) is 0 Å². The van der Waals surface area contributed by atoms with Gasteiger partial charge in [0, 0.05) is 10.8 Å². The van der Waals surface area contributed by atoms with Crippen LogP contribution in [0.25, 0.3) is 0 Å². The molecule has 0 radical (unpaired) electrons. The van der Waals surface area contributed by atoms with Crippen LogP contribution in [0.4, 0.5) is 0 Å². The Morgan fingerprint density at radius 1 is 1.31 bits per heavy atom. The van der Waals surface area contributed by atoms with Crippen LogP contribution < -0.4 is 5.32 Å². The predicted octanol–water partition coefficient (Wildman–Crippen LogP) is 3.37. The van der Waals surface area contributed by atoms with Crippen molar-refractivity contribution in [3.63, 3.8) is 0 Å². The van der Waals surface area contributed by atoms with Crippen molar-refractivity contribution in [1.82, 2.24) is 10.3 Å². The lowest BCUT2D eigenvalue weighted by Crippen LogP contribution is -2.14. The Bertz CT molecular complexity index is 299. The number of unbranched alkanes of at least 4 members (excludes halogenated alkanes) is 1. The lowest BCUT2D eigenvalue weighted by molar-refractivity contribution is 0.569. The van der Waals surface area contributed by atoms with Crippen molar-refractivity contribution >= 4 is 11.3 Å². The van der Waals surface area contributed by atoms with E-state index in [0.29, 0.717) is 0 Å². The summed E-state index contributed by atoms with van der Waals surface area (Å²) < 4.78 is 0. The molecular weight excluding hydrogens is 216 g/mol. The first-order valence-corrected chi connectivity index (χ1v) is 7.07. The minimum atomic E-state index is 0.193. The van der Waals surface area contributed by atoms with Gasteiger partial charge in [0.05, 0.1) is 10.7 Å². The van der Waals surface area contributed by atoms with Gasteiger partial charge in [0.1, 0.15) is 0 Å². The average Bonchev–Trinajstić information content (AvgIpc) is 2.65. The lowest BCUT2D eigenvalue weighted by Gasteiger charge is -2.14. The summed E-state index contributed by atoms with van der Waals surface area (Å²) in [5.41, 5.74) is 1.43. The second-order valence-electron chi connectivity index (χ2n) is 5.19. The van der Waals surface area contributed by atoms with E-state index >= 15 is 0 Å². The first kappa shape index (κ1) is 13.7. The summed E-state index contributed by atoms with van der Waals surface area (Å²) in [6.07, 6.45) is 3.62. The molecule has 1 N–H and O–H groups in total. The molecular formula is C13H24N2S. The number of nitrogens with one attached hydrogen (secondary N) is 1. The molecule has 0 unspecified atom stereocenters. The van der Waals surface area contributed by atoms with E-state index in [9.17, 15) is 0 Å². The summed E-state index contributed by atoms with van der Waals surface area (Å²) >= 11 is 1.81. The van der Waals surface area contributed by atoms with Crippen LogP contribution >= 0.6 is 11.3 Å². The largest absolute Gasteiger partial charge is 0.317 e. The maximum atomic E-state index is 4.70. The van der Waals surface area contributed by atoms with Gasteiger partial charge in [0.15, 0.2) is 0 Å². The number of aromatic nitrogens is 1. The SMILES string of the molecule is CCNCCCCc1nc(C(C)(C)C)cs1. The molecule has 3 heteroatoms. The van der Waals surface area contributed by atoms with Crippen LogP contribution in [0.5, 0.6) is 0 Å². The smallest absolute Gasteiger partial charge is 0.0928 e. The van der Waals surface area contributed by atoms with E-state index in [1.807, 2.05) is 11.3 Å². The van der Waals surface area contributed by atoms with Crippen molar-refractivity contribution in [3.05, 3.63) is 16.1 Å². The van der Waals surface area contributed by atoms with Gasteiger partial charge in [-0.2, -0.15) is 0 Å². The predicted molar refractivity (Wildman–Crippen MR) is 72.3 cm³/mol. The van der Waals surface area contributed by atoms with Crippen LogP contribution in [0.15, 0.2) is 5.38 Å². The molecule has 0 fully saturated rings. The lowest BCUT2D eigenvalue weighted by atomic mass is 9.93. The van der Waals surface area contributed by atoms with Crippen molar-refractivity contribution in [2.75, 3.05) is 13.1 Å². The molecule has 0 bridgehead atoms. The Labute approximate surface area is 103 Å². The third-order valence-corrected chi connectivity index (χ3v) is 3.47. The average molecular weight is 240 g/mol. The number of aryl methyl sites for hydroxylation is 1. The highest BCUT2D eigenvalue weighted by Crippen LogP contribution is 2.24. The Balaban J connectivity index is 2.30. The summed E-state index contributed by atoms with van der Waals surface area (Å²) in [5, 5.41) is 6.85. The van der Waals surface area contributed by atoms with E-state index in [1.54, 1.807) is 0 Å². The van der Waals surface area contributed by atoms with Gasteiger partial charge in [0.2, 0.25) is 0 Å². The number of hydrogen-bond acceptors (Lipinski definition) is 3. The minimum absolute atomic E-state index is 0.193. The highest BCUT2D eigenvalue weighted by Gasteiger charge is 2.16. The van der Waals surface area contributed by atoms with Gasteiger partial charge in [-0.25, -0.2) is 4.98 Å². The van der Waals surface area contributed by atoms with Gasteiger partial charge in [0.25, 0.3) is 0 Å². The fourth-order valence-electron chi connectivity index (χ4n) is 1.47. The summed E-state index contributed by atoms with van der Waals surface area (Å²) in [6, 6.07) is 0. The highest BCUT2D eigenvalue weighted by atomic mass is 32.1. The molecule has 0 atom stereocenters. The number of hydrogen-bond donors (Lipinski definition) is 1. The Morgan fingerprint density at radius 2 is 2.06 bits per heavy atom. The third kappa shape index (κ3) is 4.62. The topological polar surface area (TPSA) is 24.9 Å². The van der Waals surface area contributed by atoms with Crippen LogP contribution in [0.1, 0.15) is 51.2 Å². The van der Waals surface area contributed by atoms with E-state index in [4.69, 9.17) is 4.98 Å². The zero-order valence-corrected chi connectivity index (χ0v) is 11.8. The monoisotopic (exact) mass is 240 g/mol. The summed E-state index contributed by atoms with van der Waals surface area (Å²) in [7, 11) is 0. The van der Waals surface area contributed by atoms with E-state index in [0.717, 1.165) is 19.5 Å². The molecule has 0 amide bonds. The van der Waals surface area contributed by atoms with Crippen molar-refractivity contribution in [1.29, 1.82) is 0 Å². The quantitative estimate of drug-likeness (QED) is 0.771. The fourth-order valence-corrected chi connectivity index (χ4v) is 2.54. The first-order valence-electron chi connectivity index (χ1n) is 6.19. The molecule has 0 saturated heterocycles. The minimum Gasteiger partial charge on any atom is -0.317 e. The molecule has 0 saturated carbocycles. The fraction of sp³-hybridized carbons (Fsp3) is 0.769. The molecule has 0 aliphatic heterocycles. The van der Waals surface area contributed by atoms with E-state index in [2.05, 4.69) is 38.4 Å². The van der Waals surface area contributed by atoms with Gasteiger partial charge >= 0.3 is 0 Å². The molecule has 1 aromatic rings. The molecule has 1 aromatic heterocycles. The number of nitrogens with zero attached hydrogens (tertiary/aromatic N) is 1. The maximum Gasteiger partial charge on any atom is 0.0928 e. The summed E-state index contributed by atoms with van der Waals surface area (Å²) in [4.78, 5) is 4.70. The number of thiazole rings is 1. The zero-order valence-electron chi connectivity index (χ0n) is 11.0. The molecule has 1 heterocycles. The van der Waals surface area contributed by atoms with Gasteiger partial charge in [-0.1, -0.05) is 27.7 Å². The van der Waals surface area contributed by atoms with Crippen molar-refractivity contribution in [2.45, 2.75) is 52.4 Å². The van der Waals surface area contributed by atoms with Crippen LogP contribution in [0.3, 0.4) is 0 Å². The second kappa shape index (κ2) is 6.36. The summed E-state index contributed by atoms with van der Waals surface area (Å²) in [5.74, 6) is 0. The molecule has 92 valence electrons. The van der Waals surface area contributed by atoms with Crippen molar-refractivity contribution in [3.8, 4) is 0 Å². The molecule has 0 aliphatic carbocycles. The molecule has 1 rings (SSSR count). The number of rotatable bonds is 6. The van der Waals surface area contributed by atoms with Gasteiger partial charge < -0.3 is 5.32 Å². The van der Waals surface area contributed by atoms with Gasteiger partial charge in [-0.15, -0.1) is 11.3 Å². The highest BCUT2D eigenvalue weighted by molar-refractivity contribution is 7.09. The Hall–Kier alpha value is -0.410. The van der Waals surface area contributed by atoms with E-state index in [1.165, 1.54) is 23.5 Å². The standard InChI is InChI=1S/C13H24N2S/c1-5-14-9-7-6-8-12-15-11(10-16-12)13(2,3)4/h10,14H,5-9H2,1-4H3. The second-order valence-corrected chi connectivity index (χ2v) is 6.13. The van der Waals surface area contributed by atoms with E-state index < -0.39 is 0 Å².